The van der Waals surface area contributed by atoms with Gasteiger partial charge in [-0.05, 0) is 56.3 Å². The molecule has 0 aliphatic carbocycles. The fourth-order valence-electron chi connectivity index (χ4n) is 3.87. The molecule has 1 aliphatic heterocycles. The number of halogens is 1. The van der Waals surface area contributed by atoms with Crippen molar-refractivity contribution in [2.24, 2.45) is 0 Å². The Morgan fingerprint density at radius 2 is 1.55 bits per heavy atom. The van der Waals surface area contributed by atoms with E-state index in [1.807, 2.05) is 18.2 Å². The Kier molecular flexibility index (Phi) is 5.59. The molecule has 0 unspecified atom stereocenters. The Hall–Kier alpha value is -3.48. The molecule has 6 nitrogen and oxygen atoms in total. The average molecular weight is 420 g/mol. The molecule has 1 aliphatic rings. The lowest BCUT2D eigenvalue weighted by Gasteiger charge is -2.39. The van der Waals surface area contributed by atoms with E-state index in [0.29, 0.717) is 24.3 Å². The van der Waals surface area contributed by atoms with Crippen molar-refractivity contribution in [1.29, 1.82) is 0 Å². The van der Waals surface area contributed by atoms with Crippen LogP contribution in [0, 0.1) is 5.82 Å². The molecule has 1 saturated heterocycles. The lowest BCUT2D eigenvalue weighted by Crippen LogP contribution is -2.56. The maximum atomic E-state index is 13.4. The Morgan fingerprint density at radius 1 is 0.903 bits per heavy atom. The molecule has 7 heteroatoms. The molecule has 2 aromatic carbocycles. The number of nitrogens with zero attached hydrogens (tertiary/aromatic N) is 4. The van der Waals surface area contributed by atoms with Crippen LogP contribution in [0.1, 0.15) is 13.8 Å². The number of aromatic nitrogens is 2. The van der Waals surface area contributed by atoms with Crippen LogP contribution in [0.2, 0.25) is 0 Å². The summed E-state index contributed by atoms with van der Waals surface area (Å²) in [5.74, 6) is -0.492. The first-order valence-corrected chi connectivity index (χ1v) is 10.3. The number of piperazine rings is 1. The van der Waals surface area contributed by atoms with Gasteiger partial charge in [-0.1, -0.05) is 18.2 Å². The van der Waals surface area contributed by atoms with E-state index in [1.165, 1.54) is 22.9 Å². The number of carbonyl (C=O) groups is 1. The number of anilines is 1. The first kappa shape index (κ1) is 20.8. The molecule has 160 valence electrons. The van der Waals surface area contributed by atoms with Gasteiger partial charge in [0.1, 0.15) is 11.4 Å². The van der Waals surface area contributed by atoms with Crippen molar-refractivity contribution in [2.45, 2.75) is 19.4 Å². The average Bonchev–Trinajstić information content (AvgIpc) is 2.80. The number of hydrogen-bond acceptors (Lipinski definition) is 4. The SMILES string of the molecule is CC(C)(C(=O)N1CCN(c2ccccc2)CC1)n1nc(-c2ccc(F)cc2)ccc1=O. The van der Waals surface area contributed by atoms with Gasteiger partial charge in [-0.15, -0.1) is 0 Å². The standard InChI is InChI=1S/C24H25FN4O2/c1-24(2,23(31)28-16-14-27(15-17-28)20-6-4-3-5-7-20)29-22(30)13-12-21(26-29)18-8-10-19(25)11-9-18/h3-13H,14-17H2,1-2H3. The number of amides is 1. The van der Waals surface area contributed by atoms with Crippen molar-refractivity contribution in [1.82, 2.24) is 14.7 Å². The van der Waals surface area contributed by atoms with Crippen LogP contribution < -0.4 is 10.5 Å². The summed E-state index contributed by atoms with van der Waals surface area (Å²) < 4.78 is 14.5. The quantitative estimate of drug-likeness (QED) is 0.651. The number of para-hydroxylation sites is 1. The minimum atomic E-state index is -1.15. The van der Waals surface area contributed by atoms with Crippen LogP contribution in [0.5, 0.6) is 0 Å². The summed E-state index contributed by atoms with van der Waals surface area (Å²) in [5.41, 5.74) is 0.817. The second-order valence-electron chi connectivity index (χ2n) is 8.15. The van der Waals surface area contributed by atoms with Crippen LogP contribution in [-0.4, -0.2) is 46.8 Å². The van der Waals surface area contributed by atoms with E-state index in [2.05, 4.69) is 22.1 Å². The highest BCUT2D eigenvalue weighted by Gasteiger charge is 2.37. The van der Waals surface area contributed by atoms with Crippen LogP contribution in [0.4, 0.5) is 10.1 Å². The molecule has 0 spiro atoms. The van der Waals surface area contributed by atoms with Crippen LogP contribution in [0.25, 0.3) is 11.3 Å². The summed E-state index contributed by atoms with van der Waals surface area (Å²) in [5, 5.41) is 4.45. The predicted molar refractivity (Wildman–Crippen MR) is 118 cm³/mol. The summed E-state index contributed by atoms with van der Waals surface area (Å²) in [4.78, 5) is 30.0. The van der Waals surface area contributed by atoms with Gasteiger partial charge in [-0.3, -0.25) is 9.59 Å². The molecule has 1 fully saturated rings. The molecule has 0 atom stereocenters. The molecule has 1 amide bonds. The first-order chi connectivity index (χ1) is 14.9. The highest BCUT2D eigenvalue weighted by atomic mass is 19.1. The van der Waals surface area contributed by atoms with E-state index >= 15 is 0 Å². The zero-order valence-electron chi connectivity index (χ0n) is 17.7. The topological polar surface area (TPSA) is 58.4 Å². The molecule has 0 radical (unpaired) electrons. The normalized spacial score (nSPS) is 14.5. The number of benzene rings is 2. The van der Waals surface area contributed by atoms with E-state index in [0.717, 1.165) is 18.8 Å². The molecule has 2 heterocycles. The second kappa shape index (κ2) is 8.34. The van der Waals surface area contributed by atoms with Crippen molar-refractivity contribution in [3.63, 3.8) is 0 Å². The molecule has 4 rings (SSSR count). The van der Waals surface area contributed by atoms with E-state index in [1.54, 1.807) is 36.9 Å². The third-order valence-corrected chi connectivity index (χ3v) is 5.68. The number of rotatable bonds is 4. The maximum Gasteiger partial charge on any atom is 0.267 e. The maximum absolute atomic E-state index is 13.4. The van der Waals surface area contributed by atoms with E-state index < -0.39 is 5.54 Å². The van der Waals surface area contributed by atoms with Crippen molar-refractivity contribution in [2.75, 3.05) is 31.1 Å². The third-order valence-electron chi connectivity index (χ3n) is 5.68. The summed E-state index contributed by atoms with van der Waals surface area (Å²) in [6.07, 6.45) is 0. The van der Waals surface area contributed by atoms with Gasteiger partial charge in [-0.2, -0.15) is 5.10 Å². The molecule has 0 bridgehead atoms. The van der Waals surface area contributed by atoms with Gasteiger partial charge in [0.2, 0.25) is 5.91 Å². The van der Waals surface area contributed by atoms with Crippen LogP contribution in [0.3, 0.4) is 0 Å². The van der Waals surface area contributed by atoms with Gasteiger partial charge in [0, 0.05) is 43.5 Å². The molecule has 0 N–H and O–H groups in total. The highest BCUT2D eigenvalue weighted by molar-refractivity contribution is 5.84. The number of carbonyl (C=O) groups excluding carboxylic acids is 1. The lowest BCUT2D eigenvalue weighted by atomic mass is 10.0. The zero-order chi connectivity index (χ0) is 22.0. The van der Waals surface area contributed by atoms with Gasteiger partial charge < -0.3 is 9.80 Å². The Balaban J connectivity index is 1.54. The van der Waals surface area contributed by atoms with Gasteiger partial charge in [0.05, 0.1) is 5.69 Å². The van der Waals surface area contributed by atoms with Crippen LogP contribution in [0.15, 0.2) is 71.5 Å². The van der Waals surface area contributed by atoms with Crippen molar-refractivity contribution in [3.8, 4) is 11.3 Å². The van der Waals surface area contributed by atoms with Gasteiger partial charge in [0.25, 0.3) is 5.56 Å². The van der Waals surface area contributed by atoms with Gasteiger partial charge in [-0.25, -0.2) is 9.07 Å². The zero-order valence-corrected chi connectivity index (χ0v) is 17.7. The van der Waals surface area contributed by atoms with E-state index in [-0.39, 0.29) is 17.3 Å². The van der Waals surface area contributed by atoms with Crippen molar-refractivity contribution < 1.29 is 9.18 Å². The molecular formula is C24H25FN4O2. The Bertz CT molecular complexity index is 1120. The lowest BCUT2D eigenvalue weighted by molar-refractivity contribution is -0.140. The molecule has 0 saturated carbocycles. The molecule has 31 heavy (non-hydrogen) atoms. The first-order valence-electron chi connectivity index (χ1n) is 10.3. The third kappa shape index (κ3) is 4.21. The Morgan fingerprint density at radius 3 is 2.19 bits per heavy atom. The second-order valence-corrected chi connectivity index (χ2v) is 8.15. The van der Waals surface area contributed by atoms with Crippen molar-refractivity contribution in [3.05, 3.63) is 82.9 Å². The predicted octanol–water partition coefficient (Wildman–Crippen LogP) is 3.13. The molecule has 3 aromatic rings. The Labute approximate surface area is 180 Å². The fraction of sp³-hybridized carbons (Fsp3) is 0.292. The smallest absolute Gasteiger partial charge is 0.267 e. The highest BCUT2D eigenvalue weighted by Crippen LogP contribution is 2.22. The number of hydrogen-bond donors (Lipinski definition) is 0. The summed E-state index contributed by atoms with van der Waals surface area (Å²) in [6, 6.07) is 19.0. The minimum absolute atomic E-state index is 0.147. The van der Waals surface area contributed by atoms with Crippen LogP contribution >= 0.6 is 0 Å². The summed E-state index contributed by atoms with van der Waals surface area (Å²) in [7, 11) is 0. The monoisotopic (exact) mass is 420 g/mol. The van der Waals surface area contributed by atoms with Gasteiger partial charge >= 0.3 is 0 Å². The van der Waals surface area contributed by atoms with Crippen LogP contribution in [-0.2, 0) is 10.3 Å². The van der Waals surface area contributed by atoms with Gasteiger partial charge in [0.15, 0.2) is 0 Å². The molecular weight excluding hydrogens is 395 g/mol. The van der Waals surface area contributed by atoms with E-state index in [4.69, 9.17) is 0 Å². The largest absolute Gasteiger partial charge is 0.368 e. The summed E-state index contributed by atoms with van der Waals surface area (Å²) >= 11 is 0. The summed E-state index contributed by atoms with van der Waals surface area (Å²) in [6.45, 7) is 6.02. The van der Waals surface area contributed by atoms with Crippen molar-refractivity contribution >= 4 is 11.6 Å². The molecule has 1 aromatic heterocycles. The van der Waals surface area contributed by atoms with E-state index in [9.17, 15) is 14.0 Å². The fourth-order valence-corrected chi connectivity index (χ4v) is 3.87. The minimum Gasteiger partial charge on any atom is -0.368 e.